The normalized spacial score (nSPS) is 42.0. The molecule has 2 atom stereocenters. The van der Waals surface area contributed by atoms with Gasteiger partial charge in [0, 0.05) is 17.2 Å². The van der Waals surface area contributed by atoms with Crippen molar-refractivity contribution in [1.29, 1.82) is 0 Å². The Kier molecular flexibility index (Phi) is 1.34. The Labute approximate surface area is 55.4 Å². The topological polar surface area (TPSA) is 0 Å². The van der Waals surface area contributed by atoms with Crippen molar-refractivity contribution in [2.75, 3.05) is 5.33 Å². The predicted molar refractivity (Wildman–Crippen MR) is 31.4 cm³/mol. The molecule has 0 spiro atoms. The summed E-state index contributed by atoms with van der Waals surface area (Å²) in [6.45, 7) is 1.58. The van der Waals surface area contributed by atoms with Gasteiger partial charge in [-0.25, -0.2) is 8.78 Å². The van der Waals surface area contributed by atoms with Gasteiger partial charge in [0.15, 0.2) is 0 Å². The summed E-state index contributed by atoms with van der Waals surface area (Å²) in [5, 5.41) is 0.432. The van der Waals surface area contributed by atoms with Crippen LogP contribution in [0.4, 0.5) is 8.78 Å². The fourth-order valence-corrected chi connectivity index (χ4v) is 1.79. The molecule has 0 aromatic heterocycles. The Hall–Kier alpha value is 0.340. The van der Waals surface area contributed by atoms with Crippen molar-refractivity contribution in [2.45, 2.75) is 12.8 Å². The summed E-state index contributed by atoms with van der Waals surface area (Å²) in [6.07, 6.45) is 0. The van der Waals surface area contributed by atoms with Gasteiger partial charge in [0.05, 0.1) is 0 Å². The summed E-state index contributed by atoms with van der Waals surface area (Å²) in [4.78, 5) is 0. The second-order valence-corrected chi connectivity index (χ2v) is 2.87. The van der Waals surface area contributed by atoms with E-state index in [1.807, 2.05) is 0 Å². The number of halogens is 3. The lowest BCUT2D eigenvalue weighted by Gasteiger charge is -1.86. The van der Waals surface area contributed by atoms with Crippen molar-refractivity contribution in [1.82, 2.24) is 0 Å². The summed E-state index contributed by atoms with van der Waals surface area (Å²) in [7, 11) is 0. The van der Waals surface area contributed by atoms with E-state index < -0.39 is 17.8 Å². The summed E-state index contributed by atoms with van der Waals surface area (Å²) in [5.74, 6) is -3.17. The smallest absolute Gasteiger partial charge is 0.206 e. The third kappa shape index (κ3) is 0.677. The molecule has 0 amide bonds. The molecule has 0 nitrogen and oxygen atoms in total. The molecule has 0 heterocycles. The third-order valence-corrected chi connectivity index (χ3v) is 2.46. The van der Waals surface area contributed by atoms with Gasteiger partial charge in [-0.2, -0.15) is 0 Å². The second-order valence-electron chi connectivity index (χ2n) is 2.22. The molecule has 3 heteroatoms. The average molecular weight is 185 g/mol. The molecule has 1 fully saturated rings. The van der Waals surface area contributed by atoms with Gasteiger partial charge in [0.2, 0.25) is 0 Å². The first-order valence-electron chi connectivity index (χ1n) is 2.54. The molecule has 0 aromatic rings. The zero-order valence-electron chi connectivity index (χ0n) is 4.50. The Balaban J connectivity index is 2.45. The highest BCUT2D eigenvalue weighted by Crippen LogP contribution is 2.55. The second kappa shape index (κ2) is 1.66. The molecule has 1 aliphatic carbocycles. The number of hydrogen-bond donors (Lipinski definition) is 0. The van der Waals surface area contributed by atoms with E-state index >= 15 is 0 Å². The van der Waals surface area contributed by atoms with Crippen LogP contribution in [0.25, 0.3) is 0 Å². The maximum atomic E-state index is 12.2. The molecule has 0 saturated heterocycles. The molecule has 48 valence electrons. The molecule has 0 aliphatic heterocycles. The van der Waals surface area contributed by atoms with Crippen LogP contribution in [0.15, 0.2) is 0 Å². The van der Waals surface area contributed by atoms with Crippen LogP contribution in [0.2, 0.25) is 0 Å². The molecular formula is C5H7BrF2. The Morgan fingerprint density at radius 2 is 2.00 bits per heavy atom. The van der Waals surface area contributed by atoms with Crippen molar-refractivity contribution < 1.29 is 8.78 Å². The van der Waals surface area contributed by atoms with Crippen LogP contribution in [0.3, 0.4) is 0 Å². The van der Waals surface area contributed by atoms with E-state index in [1.165, 1.54) is 0 Å². The maximum absolute atomic E-state index is 12.2. The third-order valence-electron chi connectivity index (χ3n) is 1.76. The molecule has 8 heavy (non-hydrogen) atoms. The summed E-state index contributed by atoms with van der Waals surface area (Å²) < 4.78 is 24.3. The van der Waals surface area contributed by atoms with Crippen LogP contribution in [0.5, 0.6) is 0 Å². The van der Waals surface area contributed by atoms with Crippen molar-refractivity contribution >= 4 is 15.9 Å². The summed E-state index contributed by atoms with van der Waals surface area (Å²) in [5.41, 5.74) is 0. The van der Waals surface area contributed by atoms with Gasteiger partial charge in [-0.05, 0) is 0 Å². The first-order valence-corrected chi connectivity index (χ1v) is 3.66. The summed E-state index contributed by atoms with van der Waals surface area (Å²) >= 11 is 3.01. The number of rotatable bonds is 1. The molecule has 1 saturated carbocycles. The van der Waals surface area contributed by atoms with E-state index in [0.29, 0.717) is 5.33 Å². The van der Waals surface area contributed by atoms with Crippen molar-refractivity contribution in [3.8, 4) is 0 Å². The fraction of sp³-hybridized carbons (Fsp3) is 1.00. The van der Waals surface area contributed by atoms with Crippen molar-refractivity contribution in [2.24, 2.45) is 11.8 Å². The van der Waals surface area contributed by atoms with Crippen molar-refractivity contribution in [3.63, 3.8) is 0 Å². The van der Waals surface area contributed by atoms with Gasteiger partial charge < -0.3 is 0 Å². The average Bonchev–Trinajstić information content (AvgIpc) is 2.09. The minimum Gasteiger partial charge on any atom is -0.206 e. The van der Waals surface area contributed by atoms with E-state index in [2.05, 4.69) is 15.9 Å². The maximum Gasteiger partial charge on any atom is 0.255 e. The van der Waals surface area contributed by atoms with Crippen LogP contribution in [-0.4, -0.2) is 11.3 Å². The lowest BCUT2D eigenvalue weighted by Crippen LogP contribution is -1.93. The van der Waals surface area contributed by atoms with Crippen LogP contribution >= 0.6 is 15.9 Å². The fourth-order valence-electron chi connectivity index (χ4n) is 0.797. The highest BCUT2D eigenvalue weighted by Gasteiger charge is 2.64. The Morgan fingerprint density at radius 3 is 2.00 bits per heavy atom. The quantitative estimate of drug-likeness (QED) is 0.549. The van der Waals surface area contributed by atoms with E-state index in [9.17, 15) is 8.78 Å². The van der Waals surface area contributed by atoms with E-state index in [1.54, 1.807) is 6.92 Å². The SMILES string of the molecule is C[C@@H]1[C@H](CBr)C1(F)F. The van der Waals surface area contributed by atoms with Gasteiger partial charge >= 0.3 is 0 Å². The van der Waals surface area contributed by atoms with Crippen molar-refractivity contribution in [3.05, 3.63) is 0 Å². The molecular weight excluding hydrogens is 178 g/mol. The number of hydrogen-bond acceptors (Lipinski definition) is 0. The van der Waals surface area contributed by atoms with Gasteiger partial charge in [-0.15, -0.1) is 0 Å². The monoisotopic (exact) mass is 184 g/mol. The number of alkyl halides is 3. The Morgan fingerprint density at radius 1 is 1.62 bits per heavy atom. The first-order chi connectivity index (χ1) is 3.60. The molecule has 0 radical (unpaired) electrons. The minimum atomic E-state index is -2.37. The molecule has 0 bridgehead atoms. The van der Waals surface area contributed by atoms with Crippen LogP contribution in [-0.2, 0) is 0 Å². The van der Waals surface area contributed by atoms with Crippen LogP contribution < -0.4 is 0 Å². The van der Waals surface area contributed by atoms with Crippen LogP contribution in [0.1, 0.15) is 6.92 Å². The van der Waals surface area contributed by atoms with Gasteiger partial charge in [-0.3, -0.25) is 0 Å². The zero-order chi connectivity index (χ0) is 6.36. The Bertz CT molecular complexity index is 103. The first kappa shape index (κ1) is 6.46. The predicted octanol–water partition coefficient (Wildman–Crippen LogP) is 2.28. The zero-order valence-corrected chi connectivity index (χ0v) is 6.08. The van der Waals surface area contributed by atoms with Gasteiger partial charge in [0.1, 0.15) is 0 Å². The minimum absolute atomic E-state index is 0.400. The molecule has 0 N–H and O–H groups in total. The molecule has 1 rings (SSSR count). The highest BCUT2D eigenvalue weighted by atomic mass is 79.9. The van der Waals surface area contributed by atoms with E-state index in [4.69, 9.17) is 0 Å². The van der Waals surface area contributed by atoms with E-state index in [-0.39, 0.29) is 0 Å². The van der Waals surface area contributed by atoms with Crippen LogP contribution in [0, 0.1) is 11.8 Å². The van der Waals surface area contributed by atoms with Gasteiger partial charge in [-0.1, -0.05) is 22.9 Å². The largest absolute Gasteiger partial charge is 0.255 e. The molecule has 1 aliphatic rings. The van der Waals surface area contributed by atoms with Gasteiger partial charge in [0.25, 0.3) is 5.92 Å². The molecule has 0 unspecified atom stereocenters. The highest BCUT2D eigenvalue weighted by molar-refractivity contribution is 9.09. The molecule has 0 aromatic carbocycles. The summed E-state index contributed by atoms with van der Waals surface area (Å²) in [6, 6.07) is 0. The van der Waals surface area contributed by atoms with E-state index in [0.717, 1.165) is 0 Å². The standard InChI is InChI=1S/C5H7BrF2/c1-3-4(2-6)5(3,7)8/h3-4H,2H2,1H3/t3-,4+/m1/s1. The lowest BCUT2D eigenvalue weighted by molar-refractivity contribution is 0.0900. The lowest BCUT2D eigenvalue weighted by atomic mass is 10.4.